The Morgan fingerprint density at radius 2 is 2.15 bits per heavy atom. The zero-order valence-corrected chi connectivity index (χ0v) is 11.7. The molecule has 0 unspecified atom stereocenters. The summed E-state index contributed by atoms with van der Waals surface area (Å²) in [6.07, 6.45) is 0. The summed E-state index contributed by atoms with van der Waals surface area (Å²) < 4.78 is 5.28. The van der Waals surface area contributed by atoms with Crippen molar-refractivity contribution in [2.75, 3.05) is 18.2 Å². The van der Waals surface area contributed by atoms with Crippen LogP contribution in [0.15, 0.2) is 36.4 Å². The monoisotopic (exact) mass is 287 g/mol. The second kappa shape index (κ2) is 6.18. The normalized spacial score (nSPS) is 9.85. The molecule has 102 valence electrons. The molecule has 4 nitrogen and oxygen atoms in total. The number of hydrogen-bond acceptors (Lipinski definition) is 4. The number of ether oxygens (including phenoxy) is 1. The lowest BCUT2D eigenvalue weighted by molar-refractivity contribution is 0.410. The summed E-state index contributed by atoms with van der Waals surface area (Å²) in [5.74, 6) is 0.708. The number of nitrogens with two attached hydrogens (primary N) is 1. The van der Waals surface area contributed by atoms with Gasteiger partial charge in [-0.2, -0.15) is 5.26 Å². The van der Waals surface area contributed by atoms with Crippen LogP contribution in [-0.2, 0) is 6.54 Å². The maximum Gasteiger partial charge on any atom is 0.125 e. The molecule has 0 aliphatic rings. The molecule has 0 saturated heterocycles. The highest BCUT2D eigenvalue weighted by molar-refractivity contribution is 6.31. The van der Waals surface area contributed by atoms with E-state index in [4.69, 9.17) is 27.3 Å². The van der Waals surface area contributed by atoms with Crippen LogP contribution in [0.3, 0.4) is 0 Å². The molecule has 0 amide bonds. The van der Waals surface area contributed by atoms with E-state index in [1.54, 1.807) is 31.4 Å². The summed E-state index contributed by atoms with van der Waals surface area (Å²) in [6.45, 7) is 0.460. The molecule has 0 bridgehead atoms. The molecule has 20 heavy (non-hydrogen) atoms. The van der Waals surface area contributed by atoms with Crippen molar-refractivity contribution in [3.63, 3.8) is 0 Å². The minimum absolute atomic E-state index is 0.460. The molecule has 0 heterocycles. The highest BCUT2D eigenvalue weighted by Gasteiger charge is 2.08. The number of nitriles is 1. The van der Waals surface area contributed by atoms with Crippen LogP contribution in [0.5, 0.6) is 5.75 Å². The number of nitrogens with one attached hydrogen (secondary N) is 1. The number of halogens is 1. The molecular weight excluding hydrogens is 274 g/mol. The van der Waals surface area contributed by atoms with Crippen molar-refractivity contribution in [2.24, 2.45) is 0 Å². The van der Waals surface area contributed by atoms with Gasteiger partial charge < -0.3 is 15.8 Å². The van der Waals surface area contributed by atoms with E-state index in [1.807, 2.05) is 12.1 Å². The Labute approximate surface area is 122 Å². The van der Waals surface area contributed by atoms with Crippen LogP contribution in [0.4, 0.5) is 11.4 Å². The SMILES string of the molecule is COc1cccc(Cl)c1CNc1cc(C#N)ccc1N. The smallest absolute Gasteiger partial charge is 0.125 e. The fourth-order valence-electron chi connectivity index (χ4n) is 1.86. The molecule has 0 aliphatic heterocycles. The number of hydrogen-bond donors (Lipinski definition) is 2. The Kier molecular flexibility index (Phi) is 4.34. The van der Waals surface area contributed by atoms with E-state index in [0.717, 1.165) is 5.56 Å². The van der Waals surface area contributed by atoms with Crippen LogP contribution >= 0.6 is 11.6 Å². The van der Waals surface area contributed by atoms with Crippen molar-refractivity contribution < 1.29 is 4.74 Å². The van der Waals surface area contributed by atoms with Crippen LogP contribution in [0, 0.1) is 11.3 Å². The van der Waals surface area contributed by atoms with E-state index < -0.39 is 0 Å². The van der Waals surface area contributed by atoms with Gasteiger partial charge >= 0.3 is 0 Å². The van der Waals surface area contributed by atoms with Crippen molar-refractivity contribution in [1.82, 2.24) is 0 Å². The first kappa shape index (κ1) is 14.0. The zero-order chi connectivity index (χ0) is 14.5. The number of benzene rings is 2. The fraction of sp³-hybridized carbons (Fsp3) is 0.133. The highest BCUT2D eigenvalue weighted by atomic mass is 35.5. The number of rotatable bonds is 4. The topological polar surface area (TPSA) is 71.1 Å². The molecule has 0 fully saturated rings. The molecule has 0 spiro atoms. The standard InChI is InChI=1S/C15H14ClN3O/c1-20-15-4-2-3-12(16)11(15)9-19-14-7-10(8-17)5-6-13(14)18/h2-7,19H,9,18H2,1H3. The molecular formula is C15H14ClN3O. The predicted octanol–water partition coefficient (Wildman–Crippen LogP) is 3.41. The minimum Gasteiger partial charge on any atom is -0.496 e. The van der Waals surface area contributed by atoms with Gasteiger partial charge in [0, 0.05) is 17.1 Å². The maximum absolute atomic E-state index is 8.90. The molecule has 0 atom stereocenters. The first-order valence-corrected chi connectivity index (χ1v) is 6.38. The second-order valence-electron chi connectivity index (χ2n) is 4.19. The van der Waals surface area contributed by atoms with Crippen molar-refractivity contribution in [3.8, 4) is 11.8 Å². The Morgan fingerprint density at radius 1 is 1.35 bits per heavy atom. The van der Waals surface area contributed by atoms with Gasteiger partial charge in [0.15, 0.2) is 0 Å². The van der Waals surface area contributed by atoms with Gasteiger partial charge in [0.05, 0.1) is 30.1 Å². The summed E-state index contributed by atoms with van der Waals surface area (Å²) in [4.78, 5) is 0. The predicted molar refractivity (Wildman–Crippen MR) is 80.9 cm³/mol. The summed E-state index contributed by atoms with van der Waals surface area (Å²) in [5.41, 5.74) is 8.55. The van der Waals surface area contributed by atoms with E-state index in [9.17, 15) is 0 Å². The Bertz CT molecular complexity index is 665. The minimum atomic E-state index is 0.460. The third kappa shape index (κ3) is 2.95. The molecule has 0 saturated carbocycles. The Balaban J connectivity index is 2.23. The highest BCUT2D eigenvalue weighted by Crippen LogP contribution is 2.28. The van der Waals surface area contributed by atoms with E-state index in [2.05, 4.69) is 11.4 Å². The van der Waals surface area contributed by atoms with Crippen molar-refractivity contribution in [3.05, 3.63) is 52.5 Å². The molecule has 0 aromatic heterocycles. The van der Waals surface area contributed by atoms with E-state index in [0.29, 0.717) is 34.3 Å². The summed E-state index contributed by atoms with van der Waals surface area (Å²) in [6, 6.07) is 12.6. The van der Waals surface area contributed by atoms with E-state index in [-0.39, 0.29) is 0 Å². The van der Waals surface area contributed by atoms with Crippen molar-refractivity contribution in [2.45, 2.75) is 6.54 Å². The Hall–Kier alpha value is -2.38. The lowest BCUT2D eigenvalue weighted by atomic mass is 10.1. The van der Waals surface area contributed by atoms with Gasteiger partial charge in [-0.15, -0.1) is 0 Å². The molecule has 2 aromatic carbocycles. The first-order valence-electron chi connectivity index (χ1n) is 6.00. The second-order valence-corrected chi connectivity index (χ2v) is 4.60. The van der Waals surface area contributed by atoms with Gasteiger partial charge in [-0.25, -0.2) is 0 Å². The zero-order valence-electron chi connectivity index (χ0n) is 11.0. The summed E-state index contributed by atoms with van der Waals surface area (Å²) in [7, 11) is 1.60. The average Bonchev–Trinajstić information content (AvgIpc) is 2.47. The number of methoxy groups -OCH3 is 1. The molecule has 0 radical (unpaired) electrons. The lowest BCUT2D eigenvalue weighted by Gasteiger charge is -2.13. The van der Waals surface area contributed by atoms with Crippen LogP contribution < -0.4 is 15.8 Å². The largest absolute Gasteiger partial charge is 0.496 e. The van der Waals surface area contributed by atoms with Gasteiger partial charge in [-0.05, 0) is 30.3 Å². The van der Waals surface area contributed by atoms with E-state index >= 15 is 0 Å². The molecule has 5 heteroatoms. The van der Waals surface area contributed by atoms with Gasteiger partial charge in [0.25, 0.3) is 0 Å². The number of anilines is 2. The van der Waals surface area contributed by atoms with Gasteiger partial charge in [0.1, 0.15) is 5.75 Å². The van der Waals surface area contributed by atoms with Crippen LogP contribution in [-0.4, -0.2) is 7.11 Å². The van der Waals surface area contributed by atoms with Gasteiger partial charge in [0.2, 0.25) is 0 Å². The van der Waals surface area contributed by atoms with Crippen LogP contribution in [0.1, 0.15) is 11.1 Å². The third-order valence-electron chi connectivity index (χ3n) is 2.93. The number of nitrogen functional groups attached to an aromatic ring is 1. The average molecular weight is 288 g/mol. The summed E-state index contributed by atoms with van der Waals surface area (Å²) >= 11 is 6.17. The maximum atomic E-state index is 8.90. The quantitative estimate of drug-likeness (QED) is 0.845. The molecule has 3 N–H and O–H groups in total. The third-order valence-corrected chi connectivity index (χ3v) is 3.29. The van der Waals surface area contributed by atoms with Gasteiger partial charge in [-0.3, -0.25) is 0 Å². The lowest BCUT2D eigenvalue weighted by Crippen LogP contribution is -2.05. The molecule has 2 rings (SSSR count). The number of nitrogens with zero attached hydrogens (tertiary/aromatic N) is 1. The van der Waals surface area contributed by atoms with Gasteiger partial charge in [-0.1, -0.05) is 17.7 Å². The van der Waals surface area contributed by atoms with Crippen molar-refractivity contribution >= 4 is 23.0 Å². The molecule has 2 aromatic rings. The van der Waals surface area contributed by atoms with Crippen molar-refractivity contribution in [1.29, 1.82) is 5.26 Å². The van der Waals surface area contributed by atoms with Crippen LogP contribution in [0.2, 0.25) is 5.02 Å². The first-order chi connectivity index (χ1) is 9.65. The summed E-state index contributed by atoms with van der Waals surface area (Å²) in [5, 5.41) is 12.7. The fourth-order valence-corrected chi connectivity index (χ4v) is 2.10. The Morgan fingerprint density at radius 3 is 2.85 bits per heavy atom. The molecule has 0 aliphatic carbocycles. The van der Waals surface area contributed by atoms with Crippen LogP contribution in [0.25, 0.3) is 0 Å². The van der Waals surface area contributed by atoms with E-state index in [1.165, 1.54) is 0 Å².